The van der Waals surface area contributed by atoms with Crippen LogP contribution in [0.3, 0.4) is 0 Å². The van der Waals surface area contributed by atoms with Crippen LogP contribution in [0, 0.1) is 5.92 Å². The molecule has 2 aliphatic rings. The van der Waals surface area contributed by atoms with Crippen LogP contribution in [0.1, 0.15) is 64.7 Å². The van der Waals surface area contributed by atoms with Gasteiger partial charge in [-0.05, 0) is 51.0 Å². The van der Waals surface area contributed by atoms with E-state index in [1.54, 1.807) is 0 Å². The first kappa shape index (κ1) is 16.2. The lowest BCUT2D eigenvalue weighted by Crippen LogP contribution is -2.43. The van der Waals surface area contributed by atoms with Crippen LogP contribution in [0.4, 0.5) is 0 Å². The van der Waals surface area contributed by atoms with Crippen LogP contribution in [0.2, 0.25) is 0 Å². The van der Waals surface area contributed by atoms with Gasteiger partial charge in [-0.1, -0.05) is 26.2 Å². The number of rotatable bonds is 6. The molecule has 0 aromatic carbocycles. The van der Waals surface area contributed by atoms with E-state index in [9.17, 15) is 8.42 Å². The van der Waals surface area contributed by atoms with Crippen LogP contribution in [-0.4, -0.2) is 32.8 Å². The van der Waals surface area contributed by atoms with E-state index >= 15 is 0 Å². The zero-order valence-corrected chi connectivity index (χ0v) is 13.6. The lowest BCUT2D eigenvalue weighted by atomic mass is 9.91. The summed E-state index contributed by atoms with van der Waals surface area (Å²) in [6, 6.07) is 0.748. The van der Waals surface area contributed by atoms with Gasteiger partial charge in [-0.15, -0.1) is 0 Å². The van der Waals surface area contributed by atoms with Gasteiger partial charge in [0.2, 0.25) is 10.0 Å². The van der Waals surface area contributed by atoms with Gasteiger partial charge in [-0.2, -0.15) is 0 Å². The van der Waals surface area contributed by atoms with Crippen molar-refractivity contribution in [2.24, 2.45) is 5.92 Å². The summed E-state index contributed by atoms with van der Waals surface area (Å²) >= 11 is 0. The first-order valence-electron chi connectivity index (χ1n) is 8.32. The van der Waals surface area contributed by atoms with Crippen LogP contribution in [0.15, 0.2) is 0 Å². The fraction of sp³-hybridized carbons (Fsp3) is 1.00. The highest BCUT2D eigenvalue weighted by Gasteiger charge is 2.26. The minimum absolute atomic E-state index is 0.165. The molecule has 0 unspecified atom stereocenters. The van der Waals surface area contributed by atoms with Crippen molar-refractivity contribution in [3.05, 3.63) is 0 Å². The number of sulfonamides is 1. The van der Waals surface area contributed by atoms with Crippen molar-refractivity contribution in [1.82, 2.24) is 10.0 Å². The highest BCUT2D eigenvalue weighted by molar-refractivity contribution is 7.89. The smallest absolute Gasteiger partial charge is 0.212 e. The number of hydrogen-bond acceptors (Lipinski definition) is 3. The summed E-state index contributed by atoms with van der Waals surface area (Å²) in [4.78, 5) is 0. The van der Waals surface area contributed by atoms with Gasteiger partial charge in [0.1, 0.15) is 0 Å². The van der Waals surface area contributed by atoms with Gasteiger partial charge in [0.15, 0.2) is 0 Å². The predicted molar refractivity (Wildman–Crippen MR) is 83.2 cm³/mol. The first-order chi connectivity index (χ1) is 9.59. The lowest BCUT2D eigenvalue weighted by molar-refractivity contribution is 0.331. The van der Waals surface area contributed by atoms with Gasteiger partial charge in [0.25, 0.3) is 0 Å². The lowest BCUT2D eigenvalue weighted by Gasteiger charge is -2.30. The van der Waals surface area contributed by atoms with E-state index in [-0.39, 0.29) is 6.04 Å². The van der Waals surface area contributed by atoms with Crippen LogP contribution < -0.4 is 10.0 Å². The molecule has 2 saturated carbocycles. The SMILES string of the molecule is CCNC1CCC(NS(=O)(=O)CC2CCCCC2)CC1. The average molecular weight is 302 g/mol. The van der Waals surface area contributed by atoms with Crippen LogP contribution in [0.25, 0.3) is 0 Å². The zero-order valence-electron chi connectivity index (χ0n) is 12.7. The zero-order chi connectivity index (χ0) is 14.4. The maximum absolute atomic E-state index is 12.2. The normalized spacial score (nSPS) is 29.4. The minimum atomic E-state index is -3.08. The highest BCUT2D eigenvalue weighted by Crippen LogP contribution is 2.25. The topological polar surface area (TPSA) is 58.2 Å². The molecule has 0 aromatic rings. The van der Waals surface area contributed by atoms with Gasteiger partial charge < -0.3 is 5.32 Å². The highest BCUT2D eigenvalue weighted by atomic mass is 32.2. The molecule has 0 aromatic heterocycles. The molecular formula is C15H30N2O2S. The fourth-order valence-electron chi connectivity index (χ4n) is 3.67. The van der Waals surface area contributed by atoms with E-state index in [1.807, 2.05) is 0 Å². The summed E-state index contributed by atoms with van der Waals surface area (Å²) in [5.41, 5.74) is 0. The Hall–Kier alpha value is -0.130. The Bertz CT molecular complexity index is 369. The van der Waals surface area contributed by atoms with E-state index in [4.69, 9.17) is 0 Å². The second-order valence-electron chi connectivity index (χ2n) is 6.51. The molecule has 2 aliphatic carbocycles. The molecule has 2 fully saturated rings. The molecule has 20 heavy (non-hydrogen) atoms. The van der Waals surface area contributed by atoms with Crippen molar-refractivity contribution in [1.29, 1.82) is 0 Å². The second kappa shape index (κ2) is 7.76. The summed E-state index contributed by atoms with van der Waals surface area (Å²) in [7, 11) is -3.08. The molecule has 0 saturated heterocycles. The van der Waals surface area contributed by atoms with Gasteiger partial charge in [0.05, 0.1) is 5.75 Å². The molecule has 0 spiro atoms. The Balaban J connectivity index is 1.74. The summed E-state index contributed by atoms with van der Waals surface area (Å²) in [6.07, 6.45) is 9.99. The maximum Gasteiger partial charge on any atom is 0.212 e. The van der Waals surface area contributed by atoms with Gasteiger partial charge in [0, 0.05) is 12.1 Å². The molecule has 118 valence electrons. The van der Waals surface area contributed by atoms with Crippen molar-refractivity contribution in [3.63, 3.8) is 0 Å². The van der Waals surface area contributed by atoms with Crippen LogP contribution in [-0.2, 0) is 10.0 Å². The summed E-state index contributed by atoms with van der Waals surface area (Å²) in [5.74, 6) is 0.736. The van der Waals surface area contributed by atoms with E-state index < -0.39 is 10.0 Å². The molecule has 2 rings (SSSR count). The third kappa shape index (κ3) is 5.34. The monoisotopic (exact) mass is 302 g/mol. The number of hydrogen-bond donors (Lipinski definition) is 2. The molecule has 5 heteroatoms. The Morgan fingerprint density at radius 1 is 0.900 bits per heavy atom. The molecule has 0 heterocycles. The summed E-state index contributed by atoms with van der Waals surface area (Å²) in [6.45, 7) is 3.13. The Morgan fingerprint density at radius 2 is 1.50 bits per heavy atom. The van der Waals surface area contributed by atoms with E-state index in [0.29, 0.717) is 17.7 Å². The minimum Gasteiger partial charge on any atom is -0.314 e. The largest absolute Gasteiger partial charge is 0.314 e. The van der Waals surface area contributed by atoms with E-state index in [0.717, 1.165) is 45.1 Å². The average Bonchev–Trinajstić information content (AvgIpc) is 2.41. The quantitative estimate of drug-likeness (QED) is 0.792. The van der Waals surface area contributed by atoms with Crippen molar-refractivity contribution in [2.45, 2.75) is 76.8 Å². The van der Waals surface area contributed by atoms with Gasteiger partial charge in [-0.25, -0.2) is 13.1 Å². The van der Waals surface area contributed by atoms with E-state index in [2.05, 4.69) is 17.0 Å². The molecular weight excluding hydrogens is 272 g/mol. The first-order valence-corrected chi connectivity index (χ1v) is 9.97. The Kier molecular flexibility index (Phi) is 6.30. The van der Waals surface area contributed by atoms with Gasteiger partial charge in [-0.3, -0.25) is 0 Å². The van der Waals surface area contributed by atoms with Crippen molar-refractivity contribution < 1.29 is 8.42 Å². The van der Waals surface area contributed by atoms with Crippen LogP contribution in [0.5, 0.6) is 0 Å². The Morgan fingerprint density at radius 3 is 2.10 bits per heavy atom. The number of nitrogens with one attached hydrogen (secondary N) is 2. The summed E-state index contributed by atoms with van der Waals surface area (Å²) < 4.78 is 27.4. The molecule has 0 amide bonds. The molecule has 0 bridgehead atoms. The molecule has 0 aliphatic heterocycles. The van der Waals surface area contributed by atoms with Crippen molar-refractivity contribution >= 4 is 10.0 Å². The fourth-order valence-corrected chi connectivity index (χ4v) is 5.46. The molecule has 4 nitrogen and oxygen atoms in total. The molecule has 0 atom stereocenters. The van der Waals surface area contributed by atoms with Crippen molar-refractivity contribution in [3.8, 4) is 0 Å². The maximum atomic E-state index is 12.2. The van der Waals surface area contributed by atoms with Crippen molar-refractivity contribution in [2.75, 3.05) is 12.3 Å². The third-order valence-corrected chi connectivity index (χ3v) is 6.35. The summed E-state index contributed by atoms with van der Waals surface area (Å²) in [5, 5.41) is 3.46. The second-order valence-corrected chi connectivity index (χ2v) is 8.31. The third-order valence-electron chi connectivity index (χ3n) is 4.75. The standard InChI is InChI=1S/C15H30N2O2S/c1-2-16-14-8-10-15(11-9-14)17-20(18,19)12-13-6-4-3-5-7-13/h13-17H,2-12H2,1H3. The van der Waals surface area contributed by atoms with Gasteiger partial charge >= 0.3 is 0 Å². The Labute approximate surface area is 124 Å². The predicted octanol–water partition coefficient (Wildman–Crippen LogP) is 2.41. The molecule has 2 N–H and O–H groups in total. The van der Waals surface area contributed by atoms with E-state index in [1.165, 1.54) is 19.3 Å². The molecule has 0 radical (unpaired) electrons. The van der Waals surface area contributed by atoms with Crippen LogP contribution >= 0.6 is 0 Å².